The highest BCUT2D eigenvalue weighted by atomic mass is 19.4. The first-order chi connectivity index (χ1) is 15.7. The third kappa shape index (κ3) is 4.18. The number of hydrogen-bond acceptors (Lipinski definition) is 3. The van der Waals surface area contributed by atoms with E-state index in [-0.39, 0.29) is 24.4 Å². The number of anilines is 1. The number of alkyl halides is 3. The van der Waals surface area contributed by atoms with Crippen molar-refractivity contribution in [3.05, 3.63) is 52.6 Å². The van der Waals surface area contributed by atoms with E-state index < -0.39 is 12.1 Å². The van der Waals surface area contributed by atoms with E-state index in [9.17, 15) is 18.0 Å². The van der Waals surface area contributed by atoms with Crippen LogP contribution in [0.4, 0.5) is 18.9 Å². The molecule has 0 aliphatic heterocycles. The molecule has 3 N–H and O–H groups in total. The molecular weight excluding hydrogens is 429 g/mol. The average molecular weight is 457 g/mol. The van der Waals surface area contributed by atoms with E-state index in [0.717, 1.165) is 40.6 Å². The van der Waals surface area contributed by atoms with Crippen molar-refractivity contribution < 1.29 is 13.2 Å². The van der Waals surface area contributed by atoms with E-state index in [4.69, 9.17) is 5.41 Å². The molecule has 0 spiro atoms. The molecule has 5 nitrogen and oxygen atoms in total. The van der Waals surface area contributed by atoms with Crippen LogP contribution in [0.15, 0.2) is 41.5 Å². The quantitative estimate of drug-likeness (QED) is 0.422. The summed E-state index contributed by atoms with van der Waals surface area (Å²) in [5.74, 6) is -0.929. The highest BCUT2D eigenvalue weighted by Crippen LogP contribution is 2.41. The van der Waals surface area contributed by atoms with Gasteiger partial charge in [0, 0.05) is 59.3 Å². The highest BCUT2D eigenvalue weighted by Gasteiger charge is 2.41. The normalized spacial score (nSPS) is 21.3. The van der Waals surface area contributed by atoms with E-state index in [1.807, 2.05) is 24.3 Å². The third-order valence-electron chi connectivity index (χ3n) is 7.05. The molecule has 0 bridgehead atoms. The Morgan fingerprint density at radius 2 is 1.82 bits per heavy atom. The Kier molecular flexibility index (Phi) is 5.34. The van der Waals surface area contributed by atoms with Gasteiger partial charge >= 0.3 is 6.18 Å². The Bertz CT molecular complexity index is 1260. The topological polar surface area (TPSA) is 73.7 Å². The number of aryl methyl sites for hydroxylation is 1. The van der Waals surface area contributed by atoms with Gasteiger partial charge in [-0.25, -0.2) is 0 Å². The number of rotatable bonds is 5. The fourth-order valence-electron chi connectivity index (χ4n) is 4.94. The average Bonchev–Trinajstić information content (AvgIpc) is 3.52. The van der Waals surface area contributed by atoms with Crippen LogP contribution in [0.2, 0.25) is 0 Å². The number of nitrogens with zero attached hydrogens (tertiary/aromatic N) is 1. The van der Waals surface area contributed by atoms with Gasteiger partial charge in [0.05, 0.1) is 5.92 Å². The fraction of sp³-hybridized carbons (Fsp3) is 0.440. The monoisotopic (exact) mass is 456 g/mol. The molecule has 2 aromatic heterocycles. The Morgan fingerprint density at radius 1 is 1.09 bits per heavy atom. The zero-order valence-corrected chi connectivity index (χ0v) is 18.4. The zero-order valence-electron chi connectivity index (χ0n) is 18.4. The molecule has 0 unspecified atom stereocenters. The van der Waals surface area contributed by atoms with Gasteiger partial charge in [0.25, 0.3) is 5.56 Å². The maximum absolute atomic E-state index is 13.1. The number of hydrogen-bond donors (Lipinski definition) is 3. The number of nitrogens with one attached hydrogen (secondary N) is 3. The van der Waals surface area contributed by atoms with Crippen molar-refractivity contribution in [2.45, 2.75) is 50.7 Å². The Morgan fingerprint density at radius 3 is 2.48 bits per heavy atom. The van der Waals surface area contributed by atoms with Crippen LogP contribution in [-0.2, 0) is 7.05 Å². The van der Waals surface area contributed by atoms with Crippen molar-refractivity contribution >= 4 is 22.3 Å². The van der Waals surface area contributed by atoms with Crippen LogP contribution in [0.25, 0.3) is 22.0 Å². The van der Waals surface area contributed by atoms with Gasteiger partial charge in [-0.15, -0.1) is 0 Å². The van der Waals surface area contributed by atoms with Gasteiger partial charge < -0.3 is 20.3 Å². The maximum Gasteiger partial charge on any atom is 0.391 e. The van der Waals surface area contributed by atoms with Crippen molar-refractivity contribution in [3.8, 4) is 11.1 Å². The van der Waals surface area contributed by atoms with E-state index in [0.29, 0.717) is 30.0 Å². The van der Waals surface area contributed by atoms with Gasteiger partial charge in [0.1, 0.15) is 5.52 Å². The van der Waals surface area contributed by atoms with Gasteiger partial charge in [-0.1, -0.05) is 6.07 Å². The molecule has 1 aromatic carbocycles. The number of benzene rings is 1. The summed E-state index contributed by atoms with van der Waals surface area (Å²) >= 11 is 0. The Labute approximate surface area is 189 Å². The minimum atomic E-state index is -4.13. The van der Waals surface area contributed by atoms with E-state index in [1.54, 1.807) is 19.4 Å². The number of pyridine rings is 1. The zero-order chi connectivity index (χ0) is 23.3. The molecule has 2 heterocycles. The number of fused-ring (bicyclic) bond motifs is 1. The minimum Gasteiger partial charge on any atom is -0.382 e. The van der Waals surface area contributed by atoms with Crippen molar-refractivity contribution in [2.75, 3.05) is 5.32 Å². The SMILES string of the molecule is Cn1cc(-c2cc(C(=N)C3CC3)ccc2NC2CCC(C(F)(F)F)CC2)c2cc[nH]c2c1=O. The van der Waals surface area contributed by atoms with Crippen LogP contribution in [0.5, 0.6) is 0 Å². The molecule has 174 valence electrons. The van der Waals surface area contributed by atoms with Crippen LogP contribution in [-0.4, -0.2) is 27.5 Å². The minimum absolute atomic E-state index is 0.0506. The van der Waals surface area contributed by atoms with Crippen molar-refractivity contribution in [1.29, 1.82) is 5.41 Å². The molecule has 2 aliphatic carbocycles. The molecule has 33 heavy (non-hydrogen) atoms. The van der Waals surface area contributed by atoms with Crippen molar-refractivity contribution in [3.63, 3.8) is 0 Å². The lowest BCUT2D eigenvalue weighted by Crippen LogP contribution is -2.33. The molecule has 2 aliphatic rings. The summed E-state index contributed by atoms with van der Waals surface area (Å²) < 4.78 is 40.8. The number of aromatic amines is 1. The molecule has 2 saturated carbocycles. The van der Waals surface area contributed by atoms with Crippen LogP contribution < -0.4 is 10.9 Å². The largest absolute Gasteiger partial charge is 0.391 e. The van der Waals surface area contributed by atoms with E-state index >= 15 is 0 Å². The third-order valence-corrected chi connectivity index (χ3v) is 7.05. The van der Waals surface area contributed by atoms with Crippen LogP contribution >= 0.6 is 0 Å². The standard InChI is InChI=1S/C25H27F3N4O/c1-32-13-20(18-10-11-30-23(18)24(32)33)19-12-15(22(29)14-2-3-14)4-9-21(19)31-17-7-5-16(6-8-17)25(26,27)28/h4,9-14,16-17,29-31H,2-3,5-8H2,1H3. The number of halogens is 3. The second-order valence-electron chi connectivity index (χ2n) is 9.41. The first-order valence-corrected chi connectivity index (χ1v) is 11.5. The molecule has 0 saturated heterocycles. The summed E-state index contributed by atoms with van der Waals surface area (Å²) in [5.41, 5.74) is 4.37. The lowest BCUT2D eigenvalue weighted by atomic mass is 9.85. The molecule has 0 atom stereocenters. The molecule has 3 aromatic rings. The fourth-order valence-corrected chi connectivity index (χ4v) is 4.94. The van der Waals surface area contributed by atoms with E-state index in [1.165, 1.54) is 4.57 Å². The summed E-state index contributed by atoms with van der Waals surface area (Å²) in [7, 11) is 1.70. The summed E-state index contributed by atoms with van der Waals surface area (Å²) in [6.45, 7) is 0. The molecule has 8 heteroatoms. The summed E-state index contributed by atoms with van der Waals surface area (Å²) in [5, 5.41) is 12.8. The van der Waals surface area contributed by atoms with Crippen molar-refractivity contribution in [1.82, 2.24) is 9.55 Å². The molecule has 5 rings (SSSR count). The maximum atomic E-state index is 13.1. The van der Waals surface area contributed by atoms with Gasteiger partial charge in [-0.3, -0.25) is 4.79 Å². The second kappa shape index (κ2) is 8.08. The molecule has 0 amide bonds. The summed E-state index contributed by atoms with van der Waals surface area (Å²) in [6, 6.07) is 7.65. The molecule has 0 radical (unpaired) electrons. The highest BCUT2D eigenvalue weighted by molar-refractivity contribution is 6.05. The van der Waals surface area contributed by atoms with Gasteiger partial charge in [-0.05, 0) is 62.3 Å². The smallest absolute Gasteiger partial charge is 0.382 e. The summed E-state index contributed by atoms with van der Waals surface area (Å²) in [6.07, 6.45) is 2.62. The number of aromatic nitrogens is 2. The molecular formula is C25H27F3N4O. The Balaban J connectivity index is 1.53. The predicted molar refractivity (Wildman–Crippen MR) is 124 cm³/mol. The van der Waals surface area contributed by atoms with Gasteiger partial charge in [0.2, 0.25) is 0 Å². The number of H-pyrrole nitrogens is 1. The first kappa shape index (κ1) is 21.8. The molecule has 2 fully saturated rings. The van der Waals surface area contributed by atoms with E-state index in [2.05, 4.69) is 10.3 Å². The second-order valence-corrected chi connectivity index (χ2v) is 9.41. The van der Waals surface area contributed by atoms with Gasteiger partial charge in [-0.2, -0.15) is 13.2 Å². The summed E-state index contributed by atoms with van der Waals surface area (Å²) in [4.78, 5) is 15.6. The first-order valence-electron chi connectivity index (χ1n) is 11.5. The van der Waals surface area contributed by atoms with Crippen molar-refractivity contribution in [2.24, 2.45) is 18.9 Å². The Hall–Kier alpha value is -3.03. The predicted octanol–water partition coefficient (Wildman–Crippen LogP) is 5.84. The van der Waals surface area contributed by atoms with Crippen LogP contribution in [0.1, 0.15) is 44.1 Å². The van der Waals surface area contributed by atoms with Crippen LogP contribution in [0, 0.1) is 17.2 Å². The van der Waals surface area contributed by atoms with Gasteiger partial charge in [0.15, 0.2) is 0 Å². The lowest BCUT2D eigenvalue weighted by molar-refractivity contribution is -0.182. The van der Waals surface area contributed by atoms with Crippen LogP contribution in [0.3, 0.4) is 0 Å². The lowest BCUT2D eigenvalue weighted by Gasteiger charge is -2.31.